The van der Waals surface area contributed by atoms with Gasteiger partial charge in [0.15, 0.2) is 0 Å². The van der Waals surface area contributed by atoms with Crippen LogP contribution in [0, 0.1) is 12.8 Å². The average Bonchev–Trinajstić information content (AvgIpc) is 2.71. The van der Waals surface area contributed by atoms with Crippen LogP contribution >= 0.6 is 11.3 Å². The minimum atomic E-state index is -4.08. The summed E-state index contributed by atoms with van der Waals surface area (Å²) in [4.78, 5) is 5.13. The van der Waals surface area contributed by atoms with Crippen molar-refractivity contribution in [3.8, 4) is 0 Å². The van der Waals surface area contributed by atoms with E-state index in [1.165, 1.54) is 11.3 Å². The van der Waals surface area contributed by atoms with Crippen molar-refractivity contribution in [2.75, 3.05) is 0 Å². The predicted molar refractivity (Wildman–Crippen MR) is 65.5 cm³/mol. The van der Waals surface area contributed by atoms with E-state index in [1.807, 2.05) is 6.92 Å². The van der Waals surface area contributed by atoms with E-state index in [0.717, 1.165) is 17.0 Å². The second kappa shape index (κ2) is 5.57. The molecule has 1 heterocycles. The zero-order valence-electron chi connectivity index (χ0n) is 10.3. The van der Waals surface area contributed by atoms with Crippen LogP contribution < -0.4 is 5.32 Å². The molecule has 102 valence electrons. The second-order valence-corrected chi connectivity index (χ2v) is 5.72. The van der Waals surface area contributed by atoms with E-state index < -0.39 is 18.1 Å². The van der Waals surface area contributed by atoms with Gasteiger partial charge >= 0.3 is 6.18 Å². The van der Waals surface area contributed by atoms with E-state index in [-0.39, 0.29) is 6.42 Å². The maximum atomic E-state index is 12.9. The summed E-state index contributed by atoms with van der Waals surface area (Å²) in [5.41, 5.74) is 2.64. The van der Waals surface area contributed by atoms with E-state index in [0.29, 0.717) is 19.4 Å². The van der Waals surface area contributed by atoms with Gasteiger partial charge in [-0.05, 0) is 19.8 Å². The molecule has 2 atom stereocenters. The number of aryl methyl sites for hydroxylation is 1. The third-order valence-electron chi connectivity index (χ3n) is 3.56. The van der Waals surface area contributed by atoms with Gasteiger partial charge in [0.2, 0.25) is 0 Å². The molecule has 0 aliphatic heterocycles. The molecule has 0 amide bonds. The Hall–Kier alpha value is -0.620. The topological polar surface area (TPSA) is 24.9 Å². The monoisotopic (exact) mass is 278 g/mol. The molecule has 1 saturated carbocycles. The molecule has 1 aliphatic carbocycles. The van der Waals surface area contributed by atoms with Crippen molar-refractivity contribution in [3.05, 3.63) is 16.1 Å². The molecular formula is C12H17F3N2S. The van der Waals surface area contributed by atoms with Crippen molar-refractivity contribution in [3.63, 3.8) is 0 Å². The number of thiazole rings is 1. The first kappa shape index (κ1) is 13.8. The van der Waals surface area contributed by atoms with Crippen LogP contribution in [0.4, 0.5) is 13.2 Å². The number of halogens is 3. The molecule has 0 aromatic carbocycles. The van der Waals surface area contributed by atoms with Gasteiger partial charge in [0.05, 0.1) is 17.1 Å². The highest BCUT2D eigenvalue weighted by Gasteiger charge is 2.45. The van der Waals surface area contributed by atoms with E-state index in [9.17, 15) is 13.2 Å². The fraction of sp³-hybridized carbons (Fsp3) is 0.750. The van der Waals surface area contributed by atoms with Crippen molar-refractivity contribution in [2.24, 2.45) is 5.92 Å². The highest BCUT2D eigenvalue weighted by molar-refractivity contribution is 7.09. The Morgan fingerprint density at radius 1 is 1.39 bits per heavy atom. The van der Waals surface area contributed by atoms with Crippen molar-refractivity contribution in [1.82, 2.24) is 10.3 Å². The van der Waals surface area contributed by atoms with Crippen LogP contribution in [0.2, 0.25) is 0 Å². The number of nitrogens with one attached hydrogen (secondary N) is 1. The molecule has 2 rings (SSSR count). The lowest BCUT2D eigenvalue weighted by atomic mass is 9.84. The molecule has 6 heteroatoms. The molecule has 18 heavy (non-hydrogen) atoms. The third kappa shape index (κ3) is 3.23. The Balaban J connectivity index is 1.96. The first-order valence-electron chi connectivity index (χ1n) is 6.17. The molecular weight excluding hydrogens is 261 g/mol. The van der Waals surface area contributed by atoms with Crippen LogP contribution in [0.25, 0.3) is 0 Å². The maximum absolute atomic E-state index is 12.9. The number of nitrogens with zero attached hydrogens (tertiary/aromatic N) is 1. The smallest absolute Gasteiger partial charge is 0.308 e. The number of rotatable bonds is 3. The van der Waals surface area contributed by atoms with Gasteiger partial charge in [-0.3, -0.25) is 0 Å². The molecule has 0 bridgehead atoms. The highest BCUT2D eigenvalue weighted by atomic mass is 32.1. The number of aromatic nitrogens is 1. The summed E-state index contributed by atoms with van der Waals surface area (Å²) in [5.74, 6) is -1.19. The highest BCUT2D eigenvalue weighted by Crippen LogP contribution is 2.37. The molecule has 1 aromatic heterocycles. The van der Waals surface area contributed by atoms with E-state index in [1.54, 1.807) is 5.51 Å². The van der Waals surface area contributed by atoms with Crippen LogP contribution in [0.1, 0.15) is 36.3 Å². The molecule has 0 saturated heterocycles. The van der Waals surface area contributed by atoms with Gasteiger partial charge in [0.1, 0.15) is 0 Å². The maximum Gasteiger partial charge on any atom is 0.393 e. The quantitative estimate of drug-likeness (QED) is 0.912. The summed E-state index contributed by atoms with van der Waals surface area (Å²) in [6.07, 6.45) is -1.65. The SMILES string of the molecule is Cc1ncsc1CNC1CCCCC1C(F)(F)F. The largest absolute Gasteiger partial charge is 0.393 e. The van der Waals surface area contributed by atoms with Crippen LogP contribution in [0.15, 0.2) is 5.51 Å². The lowest BCUT2D eigenvalue weighted by Gasteiger charge is -2.33. The number of hydrogen-bond donors (Lipinski definition) is 1. The molecule has 2 nitrogen and oxygen atoms in total. The first-order valence-corrected chi connectivity index (χ1v) is 7.05. The molecule has 1 aliphatic rings. The standard InChI is InChI=1S/C12H17F3N2S/c1-8-11(18-7-17-8)6-16-10-5-3-2-4-9(10)12(13,14)15/h7,9-10,16H,2-6H2,1H3. The zero-order chi connectivity index (χ0) is 13.2. The van der Waals surface area contributed by atoms with E-state index in [2.05, 4.69) is 10.3 Å². The normalized spacial score (nSPS) is 25.3. The predicted octanol–water partition coefficient (Wildman–Crippen LogP) is 3.66. The lowest BCUT2D eigenvalue weighted by Crippen LogP contribution is -2.45. The van der Waals surface area contributed by atoms with Crippen molar-refractivity contribution >= 4 is 11.3 Å². The summed E-state index contributed by atoms with van der Waals surface area (Å²) < 4.78 is 38.7. The van der Waals surface area contributed by atoms with Crippen LogP contribution in [0.3, 0.4) is 0 Å². The Labute approximate surface area is 109 Å². The lowest BCUT2D eigenvalue weighted by molar-refractivity contribution is -0.189. The van der Waals surface area contributed by atoms with Crippen LogP contribution in [-0.2, 0) is 6.54 Å². The van der Waals surface area contributed by atoms with Gasteiger partial charge in [0.25, 0.3) is 0 Å². The van der Waals surface area contributed by atoms with Crippen LogP contribution in [0.5, 0.6) is 0 Å². The molecule has 0 spiro atoms. The summed E-state index contributed by atoms with van der Waals surface area (Å²) in [5, 5.41) is 3.07. The minimum Gasteiger partial charge on any atom is -0.308 e. The fourth-order valence-corrected chi connectivity index (χ4v) is 3.21. The summed E-state index contributed by atoms with van der Waals surface area (Å²) in [6, 6.07) is -0.444. The Morgan fingerprint density at radius 3 is 2.72 bits per heavy atom. The number of hydrogen-bond acceptors (Lipinski definition) is 3. The molecule has 1 fully saturated rings. The zero-order valence-corrected chi connectivity index (χ0v) is 11.1. The van der Waals surface area contributed by atoms with E-state index >= 15 is 0 Å². The minimum absolute atomic E-state index is 0.253. The van der Waals surface area contributed by atoms with Gasteiger partial charge in [-0.1, -0.05) is 12.8 Å². The molecule has 2 unspecified atom stereocenters. The van der Waals surface area contributed by atoms with Crippen LogP contribution in [-0.4, -0.2) is 17.2 Å². The second-order valence-electron chi connectivity index (χ2n) is 4.78. The van der Waals surface area contributed by atoms with Crippen molar-refractivity contribution < 1.29 is 13.2 Å². The third-order valence-corrected chi connectivity index (χ3v) is 4.49. The van der Waals surface area contributed by atoms with Gasteiger partial charge in [0, 0.05) is 17.5 Å². The molecule has 1 aromatic rings. The summed E-state index contributed by atoms with van der Waals surface area (Å²) in [6.45, 7) is 2.38. The Kier molecular flexibility index (Phi) is 4.27. The van der Waals surface area contributed by atoms with Crippen molar-refractivity contribution in [1.29, 1.82) is 0 Å². The van der Waals surface area contributed by atoms with E-state index in [4.69, 9.17) is 0 Å². The summed E-state index contributed by atoms with van der Waals surface area (Å²) in [7, 11) is 0. The summed E-state index contributed by atoms with van der Waals surface area (Å²) >= 11 is 1.49. The Bertz CT molecular complexity index is 389. The Morgan fingerprint density at radius 2 is 2.11 bits per heavy atom. The van der Waals surface area contributed by atoms with Gasteiger partial charge in [-0.15, -0.1) is 11.3 Å². The first-order chi connectivity index (χ1) is 8.48. The van der Waals surface area contributed by atoms with Gasteiger partial charge in [-0.2, -0.15) is 13.2 Å². The van der Waals surface area contributed by atoms with Gasteiger partial charge < -0.3 is 5.32 Å². The molecule has 1 N–H and O–H groups in total. The average molecular weight is 278 g/mol. The molecule has 0 radical (unpaired) electrons. The number of alkyl halides is 3. The fourth-order valence-electron chi connectivity index (χ4n) is 2.49. The van der Waals surface area contributed by atoms with Crippen molar-refractivity contribution in [2.45, 2.75) is 51.4 Å². The van der Waals surface area contributed by atoms with Gasteiger partial charge in [-0.25, -0.2) is 4.98 Å².